The molecule has 0 unspecified atom stereocenters. The van der Waals surface area contributed by atoms with E-state index in [4.69, 9.17) is 4.74 Å². The third kappa shape index (κ3) is 3.38. The monoisotopic (exact) mass is 362 g/mol. The summed E-state index contributed by atoms with van der Waals surface area (Å²) < 4.78 is 5.16. The molecule has 0 spiro atoms. The average Bonchev–Trinajstić information content (AvgIpc) is 2.72. The first kappa shape index (κ1) is 17.1. The lowest BCUT2D eigenvalue weighted by Gasteiger charge is -2.16. The van der Waals surface area contributed by atoms with Crippen LogP contribution in [-0.2, 0) is 17.6 Å². The number of fused-ring (bicyclic) bond motifs is 2. The first-order valence-electron chi connectivity index (χ1n) is 8.93. The number of esters is 1. The van der Waals surface area contributed by atoms with E-state index in [9.17, 15) is 14.4 Å². The van der Waals surface area contributed by atoms with Gasteiger partial charge in [0.1, 0.15) is 0 Å². The second-order valence-corrected chi connectivity index (χ2v) is 6.64. The highest BCUT2D eigenvalue weighted by Gasteiger charge is 2.18. The maximum absolute atomic E-state index is 12.4. The van der Waals surface area contributed by atoms with Crippen LogP contribution in [0, 0.1) is 0 Å². The molecule has 0 bridgehead atoms. The van der Waals surface area contributed by atoms with Crippen LogP contribution in [0.4, 0.5) is 0 Å². The van der Waals surface area contributed by atoms with Gasteiger partial charge in [0.2, 0.25) is 0 Å². The van der Waals surface area contributed by atoms with Gasteiger partial charge in [-0.25, -0.2) is 9.89 Å². The van der Waals surface area contributed by atoms with Crippen LogP contribution in [0.2, 0.25) is 0 Å². The molecule has 3 aromatic rings. The molecule has 0 aliphatic heterocycles. The maximum Gasteiger partial charge on any atom is 0.359 e. The molecule has 2 aromatic carbocycles. The van der Waals surface area contributed by atoms with Crippen LogP contribution < -0.4 is 5.56 Å². The Bertz CT molecular complexity index is 1100. The number of ether oxygens (including phenoxy) is 1. The molecule has 4 rings (SSSR count). The number of hydrogen-bond donors (Lipinski definition) is 1. The Balaban J connectivity index is 1.51. The van der Waals surface area contributed by atoms with Crippen molar-refractivity contribution in [3.63, 3.8) is 0 Å². The molecule has 1 aliphatic rings. The zero-order valence-electron chi connectivity index (χ0n) is 14.7. The van der Waals surface area contributed by atoms with Gasteiger partial charge in [0.25, 0.3) is 5.56 Å². The molecule has 0 amide bonds. The second-order valence-electron chi connectivity index (χ2n) is 6.64. The summed E-state index contributed by atoms with van der Waals surface area (Å²) in [6, 6.07) is 12.3. The molecule has 27 heavy (non-hydrogen) atoms. The quantitative estimate of drug-likeness (QED) is 0.569. The first-order chi connectivity index (χ1) is 13.1. The van der Waals surface area contributed by atoms with E-state index in [2.05, 4.69) is 10.2 Å². The van der Waals surface area contributed by atoms with Crippen molar-refractivity contribution in [1.29, 1.82) is 0 Å². The smallest absolute Gasteiger partial charge is 0.359 e. The van der Waals surface area contributed by atoms with Crippen molar-refractivity contribution in [3.05, 3.63) is 75.2 Å². The van der Waals surface area contributed by atoms with Crippen molar-refractivity contribution >= 4 is 22.5 Å². The highest BCUT2D eigenvalue weighted by molar-refractivity contribution is 6.04. The molecule has 0 saturated carbocycles. The number of aryl methyl sites for hydroxylation is 2. The summed E-state index contributed by atoms with van der Waals surface area (Å²) in [5.74, 6) is -1.00. The number of ketones is 1. The lowest BCUT2D eigenvalue weighted by atomic mass is 9.90. The fourth-order valence-electron chi connectivity index (χ4n) is 3.46. The molecule has 1 aromatic heterocycles. The molecule has 136 valence electrons. The van der Waals surface area contributed by atoms with Crippen molar-refractivity contribution in [2.24, 2.45) is 0 Å². The number of benzene rings is 2. The molecule has 6 nitrogen and oxygen atoms in total. The number of aromatic amines is 1. The van der Waals surface area contributed by atoms with Crippen LogP contribution in [0.15, 0.2) is 47.3 Å². The van der Waals surface area contributed by atoms with E-state index >= 15 is 0 Å². The third-order valence-electron chi connectivity index (χ3n) is 4.89. The summed E-state index contributed by atoms with van der Waals surface area (Å²) in [6.07, 6.45) is 4.33. The number of nitrogens with one attached hydrogen (secondary N) is 1. The standard InChI is InChI=1S/C21H18N2O4/c24-18(15-10-9-13-5-1-2-6-14(13)11-15)12-27-21(26)19-16-7-3-4-8-17(16)20(25)23-22-19/h3-4,7-11H,1-2,5-6,12H2,(H,23,25). The van der Waals surface area contributed by atoms with Gasteiger partial charge in [0.05, 0.1) is 5.39 Å². The van der Waals surface area contributed by atoms with E-state index in [1.54, 1.807) is 30.3 Å². The van der Waals surface area contributed by atoms with E-state index in [1.165, 1.54) is 17.5 Å². The SMILES string of the molecule is O=C(COC(=O)c1n[nH]c(=O)c2ccccc12)c1ccc2c(c1)CCCC2. The summed E-state index contributed by atoms with van der Waals surface area (Å²) in [6.45, 7) is -0.368. The van der Waals surface area contributed by atoms with Crippen molar-refractivity contribution in [2.75, 3.05) is 6.61 Å². The number of nitrogens with zero attached hydrogens (tertiary/aromatic N) is 1. The Hall–Kier alpha value is -3.28. The number of rotatable bonds is 4. The highest BCUT2D eigenvalue weighted by atomic mass is 16.5. The van der Waals surface area contributed by atoms with Crippen molar-refractivity contribution in [1.82, 2.24) is 10.2 Å². The van der Waals surface area contributed by atoms with E-state index in [1.807, 2.05) is 12.1 Å². The van der Waals surface area contributed by atoms with Gasteiger partial charge in [0, 0.05) is 10.9 Å². The van der Waals surface area contributed by atoms with Crippen LogP contribution in [0.1, 0.15) is 44.8 Å². The molecule has 0 atom stereocenters. The average molecular weight is 362 g/mol. The van der Waals surface area contributed by atoms with Gasteiger partial charge in [-0.05, 0) is 48.9 Å². The van der Waals surface area contributed by atoms with Gasteiger partial charge in [-0.2, -0.15) is 5.10 Å². The van der Waals surface area contributed by atoms with Crippen molar-refractivity contribution in [2.45, 2.75) is 25.7 Å². The number of carbonyl (C=O) groups is 2. The van der Waals surface area contributed by atoms with E-state index in [-0.39, 0.29) is 23.6 Å². The van der Waals surface area contributed by atoms with Gasteiger partial charge >= 0.3 is 5.97 Å². The predicted molar refractivity (Wildman–Crippen MR) is 100 cm³/mol. The Morgan fingerprint density at radius 2 is 1.74 bits per heavy atom. The molecule has 0 saturated heterocycles. The van der Waals surface area contributed by atoms with Crippen LogP contribution in [0.3, 0.4) is 0 Å². The number of Topliss-reactive ketones (excluding diaryl/α,β-unsaturated/α-hetero) is 1. The zero-order chi connectivity index (χ0) is 18.8. The summed E-state index contributed by atoms with van der Waals surface area (Å²) >= 11 is 0. The Morgan fingerprint density at radius 1 is 1.00 bits per heavy atom. The van der Waals surface area contributed by atoms with Gasteiger partial charge in [0.15, 0.2) is 18.1 Å². The van der Waals surface area contributed by atoms with Crippen molar-refractivity contribution in [3.8, 4) is 0 Å². The van der Waals surface area contributed by atoms with Gasteiger partial charge in [-0.15, -0.1) is 0 Å². The zero-order valence-corrected chi connectivity index (χ0v) is 14.7. The van der Waals surface area contributed by atoms with Gasteiger partial charge in [-0.1, -0.05) is 30.3 Å². The minimum Gasteiger partial charge on any atom is -0.452 e. The normalized spacial score (nSPS) is 13.2. The summed E-state index contributed by atoms with van der Waals surface area (Å²) in [4.78, 5) is 36.6. The molecular weight excluding hydrogens is 344 g/mol. The molecule has 0 fully saturated rings. The van der Waals surface area contributed by atoms with E-state index in [0.717, 1.165) is 19.3 Å². The molecule has 6 heteroatoms. The number of aromatic nitrogens is 2. The lowest BCUT2D eigenvalue weighted by molar-refractivity contribution is 0.0470. The van der Waals surface area contributed by atoms with Crippen LogP contribution in [0.5, 0.6) is 0 Å². The number of carbonyl (C=O) groups excluding carboxylic acids is 2. The first-order valence-corrected chi connectivity index (χ1v) is 8.93. The van der Waals surface area contributed by atoms with Crippen molar-refractivity contribution < 1.29 is 14.3 Å². The fraction of sp³-hybridized carbons (Fsp3) is 0.238. The van der Waals surface area contributed by atoms with Crippen LogP contribution >= 0.6 is 0 Å². The largest absolute Gasteiger partial charge is 0.452 e. The van der Waals surface area contributed by atoms with Crippen LogP contribution in [-0.4, -0.2) is 28.6 Å². The molecule has 0 radical (unpaired) electrons. The molecule has 1 N–H and O–H groups in total. The summed E-state index contributed by atoms with van der Waals surface area (Å²) in [5.41, 5.74) is 2.64. The lowest BCUT2D eigenvalue weighted by Crippen LogP contribution is -2.19. The summed E-state index contributed by atoms with van der Waals surface area (Å²) in [7, 11) is 0. The number of hydrogen-bond acceptors (Lipinski definition) is 5. The molecule has 1 heterocycles. The van der Waals surface area contributed by atoms with Gasteiger partial charge in [-0.3, -0.25) is 9.59 Å². The minimum absolute atomic E-state index is 0.0107. The predicted octanol–water partition coefficient (Wildman–Crippen LogP) is 2.84. The topological polar surface area (TPSA) is 89.1 Å². The highest BCUT2D eigenvalue weighted by Crippen LogP contribution is 2.22. The Kier molecular flexibility index (Phi) is 4.54. The maximum atomic E-state index is 12.4. The third-order valence-corrected chi connectivity index (χ3v) is 4.89. The van der Waals surface area contributed by atoms with Crippen LogP contribution in [0.25, 0.3) is 10.8 Å². The molecular formula is C21H18N2O4. The number of H-pyrrole nitrogens is 1. The van der Waals surface area contributed by atoms with E-state index < -0.39 is 5.97 Å². The summed E-state index contributed by atoms with van der Waals surface area (Å²) in [5, 5.41) is 6.82. The van der Waals surface area contributed by atoms with Gasteiger partial charge < -0.3 is 4.74 Å². The fourth-order valence-corrected chi connectivity index (χ4v) is 3.46. The minimum atomic E-state index is -0.742. The second kappa shape index (κ2) is 7.15. The molecule has 1 aliphatic carbocycles. The Morgan fingerprint density at radius 3 is 2.56 bits per heavy atom. The van der Waals surface area contributed by atoms with E-state index in [0.29, 0.717) is 16.3 Å². The Labute approximate surface area is 155 Å².